The molecule has 0 spiro atoms. The Bertz CT molecular complexity index is 1110. The molecule has 0 aliphatic carbocycles. The average molecular weight is 440 g/mol. The number of rotatable bonds is 2. The van der Waals surface area contributed by atoms with Crippen LogP contribution in [0.15, 0.2) is 36.7 Å². The van der Waals surface area contributed by atoms with Gasteiger partial charge < -0.3 is 24.4 Å². The molecule has 0 fully saturated rings. The zero-order valence-corrected chi connectivity index (χ0v) is 18.9. The van der Waals surface area contributed by atoms with Crippen molar-refractivity contribution in [3.63, 3.8) is 0 Å². The van der Waals surface area contributed by atoms with Crippen LogP contribution in [0.4, 0.5) is 10.6 Å². The van der Waals surface area contributed by atoms with Gasteiger partial charge in [-0.05, 0) is 56.2 Å². The second-order valence-electron chi connectivity index (χ2n) is 8.68. The van der Waals surface area contributed by atoms with E-state index in [0.717, 1.165) is 22.3 Å². The van der Waals surface area contributed by atoms with Crippen LogP contribution in [0.5, 0.6) is 5.75 Å². The number of hydrogen-bond acceptors (Lipinski definition) is 7. The second kappa shape index (κ2) is 9.04. The van der Waals surface area contributed by atoms with Crippen molar-refractivity contribution in [1.82, 2.24) is 19.5 Å². The number of aromatic nitrogens is 3. The minimum atomic E-state index is -0.571. The third kappa shape index (κ3) is 5.11. The molecule has 0 saturated carbocycles. The first-order chi connectivity index (χ1) is 15.3. The number of fused-ring (bicyclic) bond motifs is 4. The molecule has 3 aromatic rings. The number of nitrogens with zero attached hydrogens (tertiary/aromatic N) is 4. The monoisotopic (exact) mass is 439 g/mol. The van der Waals surface area contributed by atoms with Gasteiger partial charge in [-0.15, -0.1) is 0 Å². The Labute approximate surface area is 187 Å². The average Bonchev–Trinajstić information content (AvgIpc) is 3.14. The smallest absolute Gasteiger partial charge is 0.410 e. The van der Waals surface area contributed by atoms with Gasteiger partial charge >= 0.3 is 6.09 Å². The zero-order chi connectivity index (χ0) is 22.7. The molecule has 9 nitrogen and oxygen atoms in total. The zero-order valence-electron chi connectivity index (χ0n) is 18.9. The molecule has 4 rings (SSSR count). The largest absolute Gasteiger partial charge is 0.492 e. The van der Waals surface area contributed by atoms with Crippen molar-refractivity contribution in [2.24, 2.45) is 0 Å². The Balaban J connectivity index is 1.70. The molecule has 0 radical (unpaired) electrons. The quantitative estimate of drug-likeness (QED) is 0.653. The minimum Gasteiger partial charge on any atom is -0.492 e. The molecule has 1 amide bonds. The summed E-state index contributed by atoms with van der Waals surface area (Å²) in [5.41, 5.74) is 2.99. The van der Waals surface area contributed by atoms with Gasteiger partial charge in [0.15, 0.2) is 5.65 Å². The topological polar surface area (TPSA) is 90.2 Å². The van der Waals surface area contributed by atoms with Crippen molar-refractivity contribution in [2.75, 3.05) is 38.7 Å². The van der Waals surface area contributed by atoms with E-state index in [4.69, 9.17) is 19.2 Å². The molecular formula is C23H29N5O4. The Hall–Kier alpha value is -3.33. The molecule has 3 heterocycles. The van der Waals surface area contributed by atoms with Gasteiger partial charge in [0.2, 0.25) is 0 Å². The van der Waals surface area contributed by atoms with E-state index in [2.05, 4.69) is 10.4 Å². The van der Waals surface area contributed by atoms with Crippen molar-refractivity contribution in [2.45, 2.75) is 33.0 Å². The maximum Gasteiger partial charge on any atom is 0.410 e. The highest BCUT2D eigenvalue weighted by Crippen LogP contribution is 2.29. The lowest BCUT2D eigenvalue weighted by atomic mass is 10.1. The van der Waals surface area contributed by atoms with Crippen molar-refractivity contribution < 1.29 is 19.0 Å². The minimum absolute atomic E-state index is 0.335. The van der Waals surface area contributed by atoms with Gasteiger partial charge in [-0.1, -0.05) is 0 Å². The van der Waals surface area contributed by atoms with Crippen LogP contribution in [0, 0.1) is 0 Å². The first-order valence-corrected chi connectivity index (χ1v) is 10.6. The van der Waals surface area contributed by atoms with E-state index in [9.17, 15) is 4.79 Å². The number of amides is 1. The summed E-state index contributed by atoms with van der Waals surface area (Å²) in [6.45, 7) is 7.72. The Morgan fingerprint density at radius 1 is 1.25 bits per heavy atom. The fourth-order valence-corrected chi connectivity index (χ4v) is 3.53. The summed E-state index contributed by atoms with van der Waals surface area (Å²) < 4.78 is 18.7. The van der Waals surface area contributed by atoms with Gasteiger partial charge in [-0.3, -0.25) is 0 Å². The lowest BCUT2D eigenvalue weighted by Gasteiger charge is -2.27. The summed E-state index contributed by atoms with van der Waals surface area (Å²) in [7, 11) is 1.66. The van der Waals surface area contributed by atoms with Crippen LogP contribution in [-0.2, 0) is 16.1 Å². The Morgan fingerprint density at radius 3 is 2.88 bits per heavy atom. The highest BCUT2D eigenvalue weighted by Gasteiger charge is 2.22. The molecule has 0 saturated heterocycles. The molecule has 9 heteroatoms. The summed E-state index contributed by atoms with van der Waals surface area (Å²) in [6.07, 6.45) is 3.30. The molecule has 0 atom stereocenters. The Morgan fingerprint density at radius 2 is 2.09 bits per heavy atom. The van der Waals surface area contributed by atoms with E-state index >= 15 is 0 Å². The Kier molecular flexibility index (Phi) is 6.18. The van der Waals surface area contributed by atoms with E-state index in [1.807, 2.05) is 51.2 Å². The first kappa shape index (κ1) is 21.9. The molecule has 32 heavy (non-hydrogen) atoms. The number of nitrogens with one attached hydrogen (secondary N) is 1. The third-order valence-corrected chi connectivity index (χ3v) is 4.93. The SMILES string of the molecule is COCc1cc2cc(c1)-c1cnn3ccc(nc13)NCCN(C(=O)OC(C)(C)C)CCO2. The van der Waals surface area contributed by atoms with Gasteiger partial charge in [0, 0.05) is 32.0 Å². The predicted molar refractivity (Wildman–Crippen MR) is 121 cm³/mol. The van der Waals surface area contributed by atoms with E-state index in [1.54, 1.807) is 22.7 Å². The van der Waals surface area contributed by atoms with Crippen LogP contribution >= 0.6 is 0 Å². The molecule has 0 unspecified atom stereocenters. The molecule has 1 aliphatic heterocycles. The third-order valence-electron chi connectivity index (χ3n) is 4.93. The lowest BCUT2D eigenvalue weighted by Crippen LogP contribution is -2.41. The highest BCUT2D eigenvalue weighted by molar-refractivity contribution is 5.79. The van der Waals surface area contributed by atoms with Gasteiger partial charge in [0.1, 0.15) is 23.8 Å². The van der Waals surface area contributed by atoms with Gasteiger partial charge in [-0.25, -0.2) is 14.3 Å². The van der Waals surface area contributed by atoms with E-state index in [0.29, 0.717) is 44.4 Å². The molecule has 1 aliphatic rings. The molecule has 170 valence electrons. The van der Waals surface area contributed by atoms with Crippen LogP contribution in [-0.4, -0.2) is 64.5 Å². The van der Waals surface area contributed by atoms with E-state index in [-0.39, 0.29) is 6.09 Å². The molecule has 1 N–H and O–H groups in total. The maximum absolute atomic E-state index is 12.7. The molecule has 4 bridgehead atoms. The second-order valence-corrected chi connectivity index (χ2v) is 8.68. The summed E-state index contributed by atoms with van der Waals surface area (Å²) in [4.78, 5) is 19.1. The van der Waals surface area contributed by atoms with Crippen molar-refractivity contribution in [3.8, 4) is 16.9 Å². The van der Waals surface area contributed by atoms with Crippen LogP contribution in [0.1, 0.15) is 26.3 Å². The van der Waals surface area contributed by atoms with Crippen LogP contribution < -0.4 is 10.1 Å². The van der Waals surface area contributed by atoms with Gasteiger partial charge in [0.25, 0.3) is 0 Å². The fourth-order valence-electron chi connectivity index (χ4n) is 3.53. The van der Waals surface area contributed by atoms with E-state index in [1.165, 1.54) is 0 Å². The van der Waals surface area contributed by atoms with Gasteiger partial charge in [0.05, 0.1) is 19.3 Å². The van der Waals surface area contributed by atoms with Gasteiger partial charge in [-0.2, -0.15) is 5.10 Å². The molecular weight excluding hydrogens is 410 g/mol. The van der Waals surface area contributed by atoms with E-state index < -0.39 is 5.60 Å². The summed E-state index contributed by atoms with van der Waals surface area (Å²) in [5.74, 6) is 1.41. The summed E-state index contributed by atoms with van der Waals surface area (Å²) >= 11 is 0. The number of hydrogen-bond donors (Lipinski definition) is 1. The fraction of sp³-hybridized carbons (Fsp3) is 0.435. The van der Waals surface area contributed by atoms with Crippen molar-refractivity contribution in [3.05, 3.63) is 42.2 Å². The van der Waals surface area contributed by atoms with Crippen LogP contribution in [0.25, 0.3) is 16.8 Å². The number of methoxy groups -OCH3 is 1. The lowest BCUT2D eigenvalue weighted by molar-refractivity contribution is 0.0234. The van der Waals surface area contributed by atoms with Crippen LogP contribution in [0.3, 0.4) is 0 Å². The predicted octanol–water partition coefficient (Wildman–Crippen LogP) is 3.58. The van der Waals surface area contributed by atoms with Crippen molar-refractivity contribution in [1.29, 1.82) is 0 Å². The maximum atomic E-state index is 12.7. The first-order valence-electron chi connectivity index (χ1n) is 10.6. The number of anilines is 1. The summed E-state index contributed by atoms with van der Waals surface area (Å²) in [6, 6.07) is 7.82. The number of carbonyl (C=O) groups is 1. The highest BCUT2D eigenvalue weighted by atomic mass is 16.6. The van der Waals surface area contributed by atoms with Crippen LogP contribution in [0.2, 0.25) is 0 Å². The summed E-state index contributed by atoms with van der Waals surface area (Å²) in [5, 5.41) is 7.73. The normalized spacial score (nSPS) is 14.6. The number of benzene rings is 1. The number of ether oxygens (including phenoxy) is 3. The molecule has 1 aromatic carbocycles. The number of carbonyl (C=O) groups excluding carboxylic acids is 1. The molecule has 2 aromatic heterocycles. The standard InChI is InChI=1S/C23H29N5O4/c1-23(2,3)32-22(29)27-8-6-24-20-5-7-28-21(26-20)19(14-25-28)17-11-16(15-30-4)12-18(13-17)31-10-9-27/h5,7,11-14H,6,8-10,15H2,1-4H3,(H,24,26). The van der Waals surface area contributed by atoms with Crippen molar-refractivity contribution >= 4 is 17.6 Å².